The molecule has 0 saturated heterocycles. The van der Waals surface area contributed by atoms with Gasteiger partial charge in [-0.2, -0.15) is 0 Å². The molecule has 4 aromatic rings. The summed E-state index contributed by atoms with van der Waals surface area (Å²) in [5.74, 6) is -0.805. The molecule has 0 aromatic heterocycles. The van der Waals surface area contributed by atoms with Crippen molar-refractivity contribution in [3.63, 3.8) is 0 Å². The third-order valence-corrected chi connectivity index (χ3v) is 8.18. The van der Waals surface area contributed by atoms with Crippen LogP contribution in [0.4, 0.5) is 0 Å². The highest BCUT2D eigenvalue weighted by Gasteiger charge is 2.35. The molecule has 1 N–H and O–H groups in total. The Morgan fingerprint density at radius 2 is 1.40 bits per heavy atom. The maximum atomic E-state index is 13.8. The molecule has 0 fully saturated rings. The van der Waals surface area contributed by atoms with Crippen molar-refractivity contribution in [1.29, 1.82) is 0 Å². The molecular formula is C28H24ClNO3S2. The number of benzene rings is 4. The van der Waals surface area contributed by atoms with Crippen LogP contribution in [0, 0.1) is 6.92 Å². The Hall–Kier alpha value is -2.90. The van der Waals surface area contributed by atoms with Crippen LogP contribution in [0.1, 0.15) is 28.7 Å². The Morgan fingerprint density at radius 1 is 0.800 bits per heavy atom. The van der Waals surface area contributed by atoms with Crippen molar-refractivity contribution >= 4 is 38.5 Å². The van der Waals surface area contributed by atoms with E-state index in [2.05, 4.69) is 4.72 Å². The van der Waals surface area contributed by atoms with Gasteiger partial charge in [-0.1, -0.05) is 102 Å². The van der Waals surface area contributed by atoms with Crippen molar-refractivity contribution in [1.82, 2.24) is 4.72 Å². The third-order valence-electron chi connectivity index (χ3n) is 5.53. The monoisotopic (exact) mass is 521 g/mol. The molecular weight excluding hydrogens is 498 g/mol. The molecule has 0 aliphatic carbocycles. The Morgan fingerprint density at radius 3 is 2.03 bits per heavy atom. The van der Waals surface area contributed by atoms with Gasteiger partial charge in [-0.15, -0.1) is 0 Å². The van der Waals surface area contributed by atoms with Gasteiger partial charge < -0.3 is 0 Å². The van der Waals surface area contributed by atoms with E-state index in [4.69, 9.17) is 11.6 Å². The molecule has 7 heteroatoms. The summed E-state index contributed by atoms with van der Waals surface area (Å²) in [7, 11) is -3.95. The first kappa shape index (κ1) is 25.2. The summed E-state index contributed by atoms with van der Waals surface area (Å²) >= 11 is 7.38. The van der Waals surface area contributed by atoms with E-state index < -0.39 is 22.0 Å². The van der Waals surface area contributed by atoms with Crippen molar-refractivity contribution in [3.05, 3.63) is 131 Å². The van der Waals surface area contributed by atoms with E-state index in [1.54, 1.807) is 48.5 Å². The minimum Gasteiger partial charge on any atom is -0.286 e. The largest absolute Gasteiger partial charge is 0.286 e. The molecule has 0 aliphatic rings. The zero-order valence-corrected chi connectivity index (χ0v) is 21.4. The summed E-state index contributed by atoms with van der Waals surface area (Å²) in [4.78, 5) is 14.7. The number of halogens is 1. The van der Waals surface area contributed by atoms with Crippen molar-refractivity contribution < 1.29 is 13.2 Å². The molecule has 4 rings (SSSR count). The summed E-state index contributed by atoms with van der Waals surface area (Å²) in [6.07, 6.45) is 0. The maximum Gasteiger partial charge on any atom is 0.241 e. The summed E-state index contributed by atoms with van der Waals surface area (Å²) in [5.41, 5.74) is 2.26. The first-order chi connectivity index (χ1) is 16.8. The lowest BCUT2D eigenvalue weighted by atomic mass is 9.88. The summed E-state index contributed by atoms with van der Waals surface area (Å²) in [6.45, 7) is 1.89. The van der Waals surface area contributed by atoms with Gasteiger partial charge in [0.2, 0.25) is 15.1 Å². The van der Waals surface area contributed by atoms with Gasteiger partial charge in [0.25, 0.3) is 0 Å². The molecule has 0 spiro atoms. The quantitative estimate of drug-likeness (QED) is 0.260. The van der Waals surface area contributed by atoms with Crippen molar-refractivity contribution in [2.45, 2.75) is 28.7 Å². The number of hydrogen-bond donors (Lipinski definition) is 1. The van der Waals surface area contributed by atoms with Crippen LogP contribution in [-0.2, 0) is 14.8 Å². The van der Waals surface area contributed by atoms with E-state index >= 15 is 0 Å². The maximum absolute atomic E-state index is 13.8. The average molecular weight is 522 g/mol. The molecule has 0 radical (unpaired) electrons. The fraction of sp³-hybridized carbons (Fsp3) is 0.107. The highest BCUT2D eigenvalue weighted by Crippen LogP contribution is 2.39. The van der Waals surface area contributed by atoms with Gasteiger partial charge in [-0.05, 0) is 54.4 Å². The number of hydrogen-bond acceptors (Lipinski definition) is 4. The Kier molecular flexibility index (Phi) is 8.08. The van der Waals surface area contributed by atoms with Crippen molar-refractivity contribution in [2.24, 2.45) is 0 Å². The van der Waals surface area contributed by atoms with Crippen LogP contribution in [0.15, 0.2) is 119 Å². The lowest BCUT2D eigenvalue weighted by molar-refractivity contribution is -0.112. The second-order valence-electron chi connectivity index (χ2n) is 8.09. The van der Waals surface area contributed by atoms with E-state index in [9.17, 15) is 13.2 Å². The van der Waals surface area contributed by atoms with Crippen LogP contribution in [0.25, 0.3) is 0 Å². The molecule has 4 aromatic carbocycles. The number of nitrogens with one attached hydrogen (secondary N) is 1. The number of thioether (sulfide) groups is 1. The first-order valence-electron chi connectivity index (χ1n) is 11.0. The average Bonchev–Trinajstić information content (AvgIpc) is 2.85. The lowest BCUT2D eigenvalue weighted by Gasteiger charge is -2.28. The van der Waals surface area contributed by atoms with E-state index in [-0.39, 0.29) is 10.0 Å². The molecule has 0 amide bonds. The Balaban J connectivity index is 1.81. The van der Waals surface area contributed by atoms with Gasteiger partial charge in [0.05, 0.1) is 16.9 Å². The van der Waals surface area contributed by atoms with E-state index in [0.29, 0.717) is 16.1 Å². The standard InChI is InChI=1S/C28H24ClNO3S2/c1-20-15-17-25(18-16-20)35(32,33)30-27(22-11-8-12-23(29)19-22)26(21-9-4-2-5-10-21)28(31)34-24-13-6-3-7-14-24/h2-19,26-27,30H,1H3/t26-,27+/m0/s1. The topological polar surface area (TPSA) is 63.2 Å². The molecule has 0 heterocycles. The second-order valence-corrected chi connectivity index (χ2v) is 11.3. The number of rotatable bonds is 8. The highest BCUT2D eigenvalue weighted by atomic mass is 35.5. The molecule has 0 bridgehead atoms. The van der Waals surface area contributed by atoms with Gasteiger partial charge in [0, 0.05) is 9.92 Å². The number of carbonyl (C=O) groups is 1. The molecule has 4 nitrogen and oxygen atoms in total. The van der Waals surface area contributed by atoms with Crippen molar-refractivity contribution in [3.8, 4) is 0 Å². The molecule has 0 saturated carbocycles. The number of carbonyl (C=O) groups excluding carboxylic acids is 1. The lowest BCUT2D eigenvalue weighted by Crippen LogP contribution is -2.35. The minimum atomic E-state index is -3.95. The highest BCUT2D eigenvalue weighted by molar-refractivity contribution is 8.13. The second kappa shape index (κ2) is 11.2. The Labute approximate surface area is 215 Å². The fourth-order valence-electron chi connectivity index (χ4n) is 3.77. The predicted molar refractivity (Wildman–Crippen MR) is 142 cm³/mol. The molecule has 2 atom stereocenters. The fourth-order valence-corrected chi connectivity index (χ4v) is 6.13. The molecule has 0 unspecified atom stereocenters. The van der Waals surface area contributed by atoms with E-state index in [0.717, 1.165) is 22.2 Å². The summed E-state index contributed by atoms with van der Waals surface area (Å²) < 4.78 is 29.8. The van der Waals surface area contributed by atoms with Crippen molar-refractivity contribution in [2.75, 3.05) is 0 Å². The SMILES string of the molecule is Cc1ccc(S(=O)(=O)N[C@H](c2cccc(Cl)c2)[C@@H](C(=O)Sc2ccccc2)c2ccccc2)cc1. The zero-order valence-electron chi connectivity index (χ0n) is 19.0. The van der Waals surface area contributed by atoms with E-state index in [1.165, 1.54) is 0 Å². The third kappa shape index (κ3) is 6.41. The van der Waals surface area contributed by atoms with Crippen LogP contribution < -0.4 is 4.72 Å². The van der Waals surface area contributed by atoms with Gasteiger partial charge in [-0.25, -0.2) is 13.1 Å². The first-order valence-corrected chi connectivity index (χ1v) is 13.7. The summed E-state index contributed by atoms with van der Waals surface area (Å²) in [6, 6.07) is 31.2. The van der Waals surface area contributed by atoms with Crippen LogP contribution in [0.2, 0.25) is 5.02 Å². The van der Waals surface area contributed by atoms with Crippen LogP contribution >= 0.6 is 23.4 Å². The predicted octanol–water partition coefficient (Wildman–Crippen LogP) is 6.77. The molecule has 35 heavy (non-hydrogen) atoms. The van der Waals surface area contributed by atoms with Gasteiger partial charge in [0.15, 0.2) is 0 Å². The van der Waals surface area contributed by atoms with Gasteiger partial charge in [-0.3, -0.25) is 4.79 Å². The smallest absolute Gasteiger partial charge is 0.241 e. The molecule has 0 aliphatic heterocycles. The van der Waals surface area contributed by atoms with Gasteiger partial charge >= 0.3 is 0 Å². The zero-order chi connectivity index (χ0) is 24.8. The van der Waals surface area contributed by atoms with Crippen LogP contribution in [0.3, 0.4) is 0 Å². The van der Waals surface area contributed by atoms with Crippen LogP contribution in [-0.4, -0.2) is 13.5 Å². The van der Waals surface area contributed by atoms with Crippen LogP contribution in [0.5, 0.6) is 0 Å². The summed E-state index contributed by atoms with van der Waals surface area (Å²) in [5, 5.41) is 0.274. The number of sulfonamides is 1. The minimum absolute atomic E-state index is 0.130. The Bertz CT molecular complexity index is 1390. The van der Waals surface area contributed by atoms with E-state index in [1.807, 2.05) is 67.6 Å². The normalized spacial score (nSPS) is 13.2. The van der Waals surface area contributed by atoms with Gasteiger partial charge in [0.1, 0.15) is 0 Å². The molecule has 178 valence electrons. The number of aryl methyl sites for hydroxylation is 1.